The SMILES string of the molecule is CNc1cccc(O)c1OC(C)(C)C. The number of benzene rings is 1. The highest BCUT2D eigenvalue weighted by atomic mass is 16.5. The van der Waals surface area contributed by atoms with Gasteiger partial charge in [0.25, 0.3) is 0 Å². The van der Waals surface area contributed by atoms with Crippen LogP contribution in [0.15, 0.2) is 18.2 Å². The first-order chi connectivity index (χ1) is 6.44. The molecule has 0 aliphatic rings. The summed E-state index contributed by atoms with van der Waals surface area (Å²) in [6.45, 7) is 5.83. The quantitative estimate of drug-likeness (QED) is 0.762. The predicted molar refractivity (Wildman–Crippen MR) is 58.0 cm³/mol. The number of para-hydroxylation sites is 1. The van der Waals surface area contributed by atoms with E-state index in [1.165, 1.54) is 0 Å². The maximum absolute atomic E-state index is 9.62. The maximum Gasteiger partial charge on any atom is 0.184 e. The van der Waals surface area contributed by atoms with Crippen molar-refractivity contribution in [2.75, 3.05) is 12.4 Å². The molecule has 0 saturated carbocycles. The van der Waals surface area contributed by atoms with Crippen LogP contribution >= 0.6 is 0 Å². The van der Waals surface area contributed by atoms with Crippen LogP contribution in [-0.4, -0.2) is 17.8 Å². The number of hydrogen-bond acceptors (Lipinski definition) is 3. The summed E-state index contributed by atoms with van der Waals surface area (Å²) in [5.41, 5.74) is 0.477. The Labute approximate surface area is 84.7 Å². The van der Waals surface area contributed by atoms with Crippen LogP contribution in [0, 0.1) is 0 Å². The van der Waals surface area contributed by atoms with E-state index in [4.69, 9.17) is 4.74 Å². The molecule has 1 aromatic carbocycles. The zero-order chi connectivity index (χ0) is 10.8. The van der Waals surface area contributed by atoms with E-state index in [1.807, 2.05) is 26.8 Å². The number of anilines is 1. The normalized spacial score (nSPS) is 11.1. The number of phenolic OH excluding ortho intramolecular Hbond substituents is 1. The third-order valence-corrected chi connectivity index (χ3v) is 1.67. The lowest BCUT2D eigenvalue weighted by molar-refractivity contribution is 0.127. The molecule has 0 spiro atoms. The van der Waals surface area contributed by atoms with Gasteiger partial charge in [-0.2, -0.15) is 0 Å². The Morgan fingerprint density at radius 3 is 2.43 bits per heavy atom. The van der Waals surface area contributed by atoms with Crippen molar-refractivity contribution in [2.45, 2.75) is 26.4 Å². The van der Waals surface area contributed by atoms with Crippen LogP contribution in [0.2, 0.25) is 0 Å². The summed E-state index contributed by atoms with van der Waals surface area (Å²) in [4.78, 5) is 0. The van der Waals surface area contributed by atoms with Gasteiger partial charge in [-0.25, -0.2) is 0 Å². The molecule has 0 aliphatic carbocycles. The Bertz CT molecular complexity index is 316. The second kappa shape index (κ2) is 3.78. The lowest BCUT2D eigenvalue weighted by atomic mass is 10.2. The van der Waals surface area contributed by atoms with E-state index in [2.05, 4.69) is 5.32 Å². The van der Waals surface area contributed by atoms with Crippen molar-refractivity contribution < 1.29 is 9.84 Å². The lowest BCUT2D eigenvalue weighted by Gasteiger charge is -2.23. The summed E-state index contributed by atoms with van der Waals surface area (Å²) in [6, 6.07) is 5.25. The Morgan fingerprint density at radius 1 is 1.29 bits per heavy atom. The Morgan fingerprint density at radius 2 is 1.93 bits per heavy atom. The summed E-state index contributed by atoms with van der Waals surface area (Å²) in [5.74, 6) is 0.661. The lowest BCUT2D eigenvalue weighted by Crippen LogP contribution is -2.23. The Balaban J connectivity index is 3.05. The zero-order valence-corrected chi connectivity index (χ0v) is 9.09. The Hall–Kier alpha value is -1.38. The van der Waals surface area contributed by atoms with Gasteiger partial charge in [-0.3, -0.25) is 0 Å². The van der Waals surface area contributed by atoms with Crippen LogP contribution in [0.1, 0.15) is 20.8 Å². The van der Waals surface area contributed by atoms with Gasteiger partial charge < -0.3 is 15.2 Å². The predicted octanol–water partition coefficient (Wildman–Crippen LogP) is 2.61. The van der Waals surface area contributed by atoms with Gasteiger partial charge in [0.15, 0.2) is 11.5 Å². The van der Waals surface area contributed by atoms with Gasteiger partial charge in [0, 0.05) is 7.05 Å². The van der Waals surface area contributed by atoms with Crippen LogP contribution < -0.4 is 10.1 Å². The molecule has 0 saturated heterocycles. The summed E-state index contributed by atoms with van der Waals surface area (Å²) in [5, 5.41) is 12.6. The van der Waals surface area contributed by atoms with Crippen molar-refractivity contribution in [3.05, 3.63) is 18.2 Å². The molecular weight excluding hydrogens is 178 g/mol. The van der Waals surface area contributed by atoms with Crippen LogP contribution in [0.25, 0.3) is 0 Å². The van der Waals surface area contributed by atoms with E-state index in [9.17, 15) is 5.11 Å². The largest absolute Gasteiger partial charge is 0.504 e. The minimum atomic E-state index is -0.315. The first-order valence-electron chi connectivity index (χ1n) is 4.63. The highest BCUT2D eigenvalue weighted by Crippen LogP contribution is 2.36. The van der Waals surface area contributed by atoms with Crippen molar-refractivity contribution in [3.63, 3.8) is 0 Å². The third-order valence-electron chi connectivity index (χ3n) is 1.67. The van der Waals surface area contributed by atoms with Crippen molar-refractivity contribution in [1.82, 2.24) is 0 Å². The first kappa shape index (κ1) is 10.7. The summed E-state index contributed by atoms with van der Waals surface area (Å²) >= 11 is 0. The van der Waals surface area contributed by atoms with Crippen molar-refractivity contribution in [2.24, 2.45) is 0 Å². The van der Waals surface area contributed by atoms with Crippen LogP contribution in [-0.2, 0) is 0 Å². The molecular formula is C11H17NO2. The summed E-state index contributed by atoms with van der Waals surface area (Å²) in [7, 11) is 1.80. The topological polar surface area (TPSA) is 41.5 Å². The molecule has 0 aromatic heterocycles. The monoisotopic (exact) mass is 195 g/mol. The number of rotatable bonds is 2. The van der Waals surface area contributed by atoms with Crippen LogP contribution in [0.4, 0.5) is 5.69 Å². The van der Waals surface area contributed by atoms with E-state index >= 15 is 0 Å². The molecule has 1 aromatic rings. The summed E-state index contributed by atoms with van der Waals surface area (Å²) < 4.78 is 5.64. The minimum absolute atomic E-state index is 0.159. The van der Waals surface area contributed by atoms with Gasteiger partial charge in [-0.15, -0.1) is 0 Å². The molecule has 0 radical (unpaired) electrons. The fourth-order valence-electron chi connectivity index (χ4n) is 1.14. The minimum Gasteiger partial charge on any atom is -0.504 e. The second-order valence-electron chi connectivity index (χ2n) is 4.12. The molecule has 0 atom stereocenters. The fraction of sp³-hybridized carbons (Fsp3) is 0.455. The van der Waals surface area contributed by atoms with Crippen molar-refractivity contribution in [3.8, 4) is 11.5 Å². The Kier molecular flexibility index (Phi) is 2.89. The maximum atomic E-state index is 9.62. The van der Waals surface area contributed by atoms with Crippen LogP contribution in [0.3, 0.4) is 0 Å². The molecule has 0 heterocycles. The van der Waals surface area contributed by atoms with Crippen molar-refractivity contribution in [1.29, 1.82) is 0 Å². The molecule has 0 aliphatic heterocycles. The first-order valence-corrected chi connectivity index (χ1v) is 4.63. The highest BCUT2D eigenvalue weighted by molar-refractivity contribution is 5.62. The zero-order valence-electron chi connectivity index (χ0n) is 9.09. The molecule has 1 rings (SSSR count). The van der Waals surface area contributed by atoms with E-state index in [1.54, 1.807) is 19.2 Å². The number of hydrogen-bond donors (Lipinski definition) is 2. The molecule has 3 heteroatoms. The summed E-state index contributed by atoms with van der Waals surface area (Å²) in [6.07, 6.45) is 0. The number of phenols is 1. The number of ether oxygens (including phenoxy) is 1. The van der Waals surface area contributed by atoms with Crippen molar-refractivity contribution >= 4 is 5.69 Å². The van der Waals surface area contributed by atoms with Gasteiger partial charge in [0.05, 0.1) is 5.69 Å². The fourth-order valence-corrected chi connectivity index (χ4v) is 1.14. The third kappa shape index (κ3) is 2.55. The van der Waals surface area contributed by atoms with Gasteiger partial charge >= 0.3 is 0 Å². The van der Waals surface area contributed by atoms with E-state index < -0.39 is 0 Å². The smallest absolute Gasteiger partial charge is 0.184 e. The second-order valence-corrected chi connectivity index (χ2v) is 4.12. The average molecular weight is 195 g/mol. The molecule has 0 amide bonds. The van der Waals surface area contributed by atoms with Gasteiger partial charge in [-0.1, -0.05) is 6.07 Å². The van der Waals surface area contributed by atoms with E-state index in [0.29, 0.717) is 5.75 Å². The van der Waals surface area contributed by atoms with Gasteiger partial charge in [0.1, 0.15) is 5.60 Å². The number of nitrogens with one attached hydrogen (secondary N) is 1. The van der Waals surface area contributed by atoms with Gasteiger partial charge in [0.2, 0.25) is 0 Å². The molecule has 2 N–H and O–H groups in total. The molecule has 3 nitrogen and oxygen atoms in total. The molecule has 0 bridgehead atoms. The highest BCUT2D eigenvalue weighted by Gasteiger charge is 2.17. The van der Waals surface area contributed by atoms with E-state index in [-0.39, 0.29) is 11.4 Å². The molecule has 14 heavy (non-hydrogen) atoms. The molecule has 78 valence electrons. The van der Waals surface area contributed by atoms with Crippen LogP contribution in [0.5, 0.6) is 11.5 Å². The number of aromatic hydroxyl groups is 1. The molecule has 0 fully saturated rings. The molecule has 0 unspecified atom stereocenters. The standard InChI is InChI=1S/C11H17NO2/c1-11(2,3)14-10-8(12-4)6-5-7-9(10)13/h5-7,12-13H,1-4H3. The van der Waals surface area contributed by atoms with Gasteiger partial charge in [-0.05, 0) is 32.9 Å². The van der Waals surface area contributed by atoms with E-state index in [0.717, 1.165) is 5.69 Å². The average Bonchev–Trinajstić information content (AvgIpc) is 2.06.